The fourth-order valence-electron chi connectivity index (χ4n) is 2.10. The molecule has 21 heavy (non-hydrogen) atoms. The van der Waals surface area contributed by atoms with E-state index in [1.165, 1.54) is 25.1 Å². The van der Waals surface area contributed by atoms with E-state index in [0.29, 0.717) is 5.56 Å². The van der Waals surface area contributed by atoms with E-state index >= 15 is 0 Å². The van der Waals surface area contributed by atoms with Gasteiger partial charge in [-0.05, 0) is 43.4 Å². The molecule has 114 valence electrons. The van der Waals surface area contributed by atoms with Crippen molar-refractivity contribution in [1.29, 1.82) is 0 Å². The molecule has 0 bridgehead atoms. The normalized spacial score (nSPS) is 16.9. The summed E-state index contributed by atoms with van der Waals surface area (Å²) in [6, 6.07) is 3.54. The number of hydrogen-bond donors (Lipinski definition) is 3. The Kier molecular flexibility index (Phi) is 4.37. The molecule has 1 unspecified atom stereocenters. The standard InChI is InChI=1S/C14H16ClFN2O3/c1-14(12(19)20,9-3-4-9)18-13(21)17-7-8-2-5-11(16)10(15)6-8/h2,5-6,9H,3-4,7H2,1H3,(H,19,20)(H2,17,18,21). The SMILES string of the molecule is CC(NC(=O)NCc1ccc(F)c(Cl)c1)(C(=O)O)C1CC1. The van der Waals surface area contributed by atoms with Gasteiger partial charge in [0.05, 0.1) is 5.02 Å². The smallest absolute Gasteiger partial charge is 0.329 e. The van der Waals surface area contributed by atoms with Crippen LogP contribution in [0.25, 0.3) is 0 Å². The predicted octanol–water partition coefficient (Wildman–Crippen LogP) is 2.53. The fraction of sp³-hybridized carbons (Fsp3) is 0.429. The number of amides is 2. The zero-order valence-corrected chi connectivity index (χ0v) is 12.2. The van der Waals surface area contributed by atoms with Crippen molar-refractivity contribution >= 4 is 23.6 Å². The minimum Gasteiger partial charge on any atom is -0.480 e. The number of hydrogen-bond acceptors (Lipinski definition) is 2. The molecule has 3 N–H and O–H groups in total. The van der Waals surface area contributed by atoms with Crippen LogP contribution in [0.15, 0.2) is 18.2 Å². The van der Waals surface area contributed by atoms with Gasteiger partial charge < -0.3 is 15.7 Å². The fourth-order valence-corrected chi connectivity index (χ4v) is 2.31. The van der Waals surface area contributed by atoms with Gasteiger partial charge in [-0.2, -0.15) is 0 Å². The van der Waals surface area contributed by atoms with Crippen LogP contribution in [0.1, 0.15) is 25.3 Å². The van der Waals surface area contributed by atoms with Gasteiger partial charge in [-0.3, -0.25) is 0 Å². The molecule has 0 aromatic heterocycles. The van der Waals surface area contributed by atoms with E-state index in [1.54, 1.807) is 0 Å². The van der Waals surface area contributed by atoms with Crippen molar-refractivity contribution in [2.24, 2.45) is 5.92 Å². The first-order valence-electron chi connectivity index (χ1n) is 6.56. The third kappa shape index (κ3) is 3.64. The summed E-state index contributed by atoms with van der Waals surface area (Å²) in [4.78, 5) is 23.1. The highest BCUT2D eigenvalue weighted by Crippen LogP contribution is 2.39. The third-order valence-electron chi connectivity index (χ3n) is 3.65. The van der Waals surface area contributed by atoms with E-state index in [9.17, 15) is 19.1 Å². The van der Waals surface area contributed by atoms with Crippen LogP contribution in [0, 0.1) is 11.7 Å². The summed E-state index contributed by atoms with van der Waals surface area (Å²) in [5, 5.41) is 14.3. The van der Waals surface area contributed by atoms with Crippen LogP contribution in [0.5, 0.6) is 0 Å². The maximum Gasteiger partial charge on any atom is 0.329 e. The number of halogens is 2. The number of carboxylic acid groups (broad SMARTS) is 1. The maximum atomic E-state index is 13.0. The second-order valence-corrected chi connectivity index (χ2v) is 5.75. The van der Waals surface area contributed by atoms with E-state index in [2.05, 4.69) is 10.6 Å². The number of carboxylic acids is 1. The minimum atomic E-state index is -1.26. The van der Waals surface area contributed by atoms with Crippen LogP contribution in [0.2, 0.25) is 5.02 Å². The third-order valence-corrected chi connectivity index (χ3v) is 3.94. The summed E-state index contributed by atoms with van der Waals surface area (Å²) in [5.74, 6) is -1.62. The first-order chi connectivity index (χ1) is 9.83. The Morgan fingerprint density at radius 1 is 1.48 bits per heavy atom. The predicted molar refractivity (Wildman–Crippen MR) is 75.5 cm³/mol. The molecule has 1 aliphatic carbocycles. The molecule has 2 amide bonds. The second-order valence-electron chi connectivity index (χ2n) is 5.34. The summed E-state index contributed by atoms with van der Waals surface area (Å²) in [7, 11) is 0. The maximum absolute atomic E-state index is 13.0. The van der Waals surface area contributed by atoms with Gasteiger partial charge in [-0.25, -0.2) is 14.0 Å². The molecule has 0 radical (unpaired) electrons. The molecule has 2 rings (SSSR count). The molecule has 5 nitrogen and oxygen atoms in total. The Bertz CT molecular complexity index is 577. The molecule has 1 atom stereocenters. The first-order valence-corrected chi connectivity index (χ1v) is 6.94. The van der Waals surface area contributed by atoms with Crippen molar-refractivity contribution in [2.75, 3.05) is 0 Å². The van der Waals surface area contributed by atoms with Gasteiger partial charge in [0.15, 0.2) is 0 Å². The lowest BCUT2D eigenvalue weighted by Gasteiger charge is -2.26. The van der Waals surface area contributed by atoms with Gasteiger partial charge >= 0.3 is 12.0 Å². The topological polar surface area (TPSA) is 78.4 Å². The molecule has 1 fully saturated rings. The van der Waals surface area contributed by atoms with Crippen LogP contribution >= 0.6 is 11.6 Å². The Balaban J connectivity index is 1.92. The molecule has 7 heteroatoms. The lowest BCUT2D eigenvalue weighted by molar-refractivity contribution is -0.144. The monoisotopic (exact) mass is 314 g/mol. The van der Waals surface area contributed by atoms with Crippen molar-refractivity contribution in [3.8, 4) is 0 Å². The Labute approximate surface area is 126 Å². The van der Waals surface area contributed by atoms with Crippen LogP contribution in [-0.2, 0) is 11.3 Å². The zero-order chi connectivity index (χ0) is 15.6. The average molecular weight is 315 g/mol. The number of aliphatic carboxylic acids is 1. The van der Waals surface area contributed by atoms with Crippen molar-refractivity contribution < 1.29 is 19.1 Å². The average Bonchev–Trinajstić information content (AvgIpc) is 3.24. The van der Waals surface area contributed by atoms with E-state index in [0.717, 1.165) is 12.8 Å². The van der Waals surface area contributed by atoms with Crippen LogP contribution in [0.3, 0.4) is 0 Å². The number of rotatable bonds is 5. The summed E-state index contributed by atoms with van der Waals surface area (Å²) in [5.41, 5.74) is -0.634. The Morgan fingerprint density at radius 2 is 2.14 bits per heavy atom. The van der Waals surface area contributed by atoms with Gasteiger partial charge in [0.25, 0.3) is 0 Å². The van der Waals surface area contributed by atoms with Gasteiger partial charge in [0.1, 0.15) is 11.4 Å². The number of benzene rings is 1. The summed E-state index contributed by atoms with van der Waals surface area (Å²) in [6.07, 6.45) is 1.58. The highest BCUT2D eigenvalue weighted by molar-refractivity contribution is 6.30. The van der Waals surface area contributed by atoms with Gasteiger partial charge in [0, 0.05) is 6.54 Å². The molecule has 0 spiro atoms. The molecule has 0 saturated heterocycles. The van der Waals surface area contributed by atoms with Crippen molar-refractivity contribution in [3.63, 3.8) is 0 Å². The van der Waals surface area contributed by atoms with E-state index < -0.39 is 23.4 Å². The second kappa shape index (κ2) is 5.89. The van der Waals surface area contributed by atoms with Crippen molar-refractivity contribution in [3.05, 3.63) is 34.6 Å². The molecule has 1 saturated carbocycles. The van der Waals surface area contributed by atoms with Gasteiger partial charge in [-0.15, -0.1) is 0 Å². The lowest BCUT2D eigenvalue weighted by atomic mass is 9.96. The number of urea groups is 1. The zero-order valence-electron chi connectivity index (χ0n) is 11.5. The largest absolute Gasteiger partial charge is 0.480 e. The van der Waals surface area contributed by atoms with E-state index in [1.807, 2.05) is 0 Å². The quantitative estimate of drug-likeness (QED) is 0.781. The number of nitrogens with one attached hydrogen (secondary N) is 2. The highest BCUT2D eigenvalue weighted by Gasteiger charge is 2.48. The molecule has 1 aliphatic rings. The Hall–Kier alpha value is -1.82. The molecular formula is C14H16ClFN2O3. The summed E-state index contributed by atoms with van der Waals surface area (Å²) < 4.78 is 13.0. The number of carbonyl (C=O) groups is 2. The van der Waals surface area contributed by atoms with Crippen LogP contribution < -0.4 is 10.6 Å². The van der Waals surface area contributed by atoms with E-state index in [-0.39, 0.29) is 17.5 Å². The highest BCUT2D eigenvalue weighted by atomic mass is 35.5. The first kappa shape index (κ1) is 15.6. The van der Waals surface area contributed by atoms with Gasteiger partial charge in [-0.1, -0.05) is 17.7 Å². The lowest BCUT2D eigenvalue weighted by Crippen LogP contribution is -2.56. The van der Waals surface area contributed by atoms with Gasteiger partial charge in [0.2, 0.25) is 0 Å². The molecular weight excluding hydrogens is 299 g/mol. The summed E-state index contributed by atoms with van der Waals surface area (Å²) >= 11 is 5.65. The molecule has 1 aromatic rings. The van der Waals surface area contributed by atoms with Crippen molar-refractivity contribution in [1.82, 2.24) is 10.6 Å². The Morgan fingerprint density at radius 3 is 2.67 bits per heavy atom. The van der Waals surface area contributed by atoms with Crippen LogP contribution in [-0.4, -0.2) is 22.6 Å². The number of carbonyl (C=O) groups excluding carboxylic acids is 1. The van der Waals surface area contributed by atoms with Crippen LogP contribution in [0.4, 0.5) is 9.18 Å². The molecule has 0 heterocycles. The van der Waals surface area contributed by atoms with E-state index in [4.69, 9.17) is 11.6 Å². The molecule has 1 aromatic carbocycles. The summed E-state index contributed by atoms with van der Waals surface area (Å²) in [6.45, 7) is 1.63. The minimum absolute atomic E-state index is 0.0249. The van der Waals surface area contributed by atoms with Crippen molar-refractivity contribution in [2.45, 2.75) is 31.8 Å². The molecule has 0 aliphatic heterocycles.